The van der Waals surface area contributed by atoms with Crippen molar-refractivity contribution in [1.82, 2.24) is 4.90 Å². The Balaban J connectivity index is 2.36. The van der Waals surface area contributed by atoms with E-state index in [9.17, 15) is 5.11 Å². The molecule has 0 aromatic rings. The van der Waals surface area contributed by atoms with Crippen LogP contribution in [-0.4, -0.2) is 41.3 Å². The van der Waals surface area contributed by atoms with Gasteiger partial charge in [0.1, 0.15) is 0 Å². The van der Waals surface area contributed by atoms with Crippen molar-refractivity contribution in [3.63, 3.8) is 0 Å². The van der Waals surface area contributed by atoms with Gasteiger partial charge in [0.05, 0.1) is 5.60 Å². The summed E-state index contributed by atoms with van der Waals surface area (Å²) < 4.78 is 0. The summed E-state index contributed by atoms with van der Waals surface area (Å²) in [6, 6.07) is 0.441. The Kier molecular flexibility index (Phi) is 5.22. The normalized spacial score (nSPS) is 25.3. The van der Waals surface area contributed by atoms with Crippen LogP contribution in [0.5, 0.6) is 0 Å². The van der Waals surface area contributed by atoms with E-state index in [1.807, 2.05) is 6.92 Å². The van der Waals surface area contributed by atoms with Crippen molar-refractivity contribution in [2.24, 2.45) is 11.7 Å². The van der Waals surface area contributed by atoms with Gasteiger partial charge in [-0.05, 0) is 52.1 Å². The molecule has 2 atom stereocenters. The van der Waals surface area contributed by atoms with Crippen molar-refractivity contribution in [3.05, 3.63) is 0 Å². The van der Waals surface area contributed by atoms with Crippen LogP contribution < -0.4 is 5.73 Å². The van der Waals surface area contributed by atoms with Crippen LogP contribution in [0.15, 0.2) is 0 Å². The van der Waals surface area contributed by atoms with E-state index in [0.717, 1.165) is 12.3 Å². The van der Waals surface area contributed by atoms with Gasteiger partial charge >= 0.3 is 0 Å². The summed E-state index contributed by atoms with van der Waals surface area (Å²) in [4.78, 5) is 2.50. The quantitative estimate of drug-likeness (QED) is 0.751. The summed E-state index contributed by atoms with van der Waals surface area (Å²) >= 11 is 0. The van der Waals surface area contributed by atoms with Crippen LogP contribution in [0, 0.1) is 5.92 Å². The van der Waals surface area contributed by atoms with Crippen LogP contribution in [0.2, 0.25) is 0 Å². The molecular weight excluding hydrogens is 200 g/mol. The number of piperidine rings is 1. The van der Waals surface area contributed by atoms with Crippen LogP contribution in [0.4, 0.5) is 0 Å². The Morgan fingerprint density at radius 2 is 2.00 bits per heavy atom. The lowest BCUT2D eigenvalue weighted by Gasteiger charge is -2.38. The topological polar surface area (TPSA) is 49.5 Å². The first-order valence-corrected chi connectivity index (χ1v) is 6.65. The van der Waals surface area contributed by atoms with Gasteiger partial charge in [-0.2, -0.15) is 0 Å². The van der Waals surface area contributed by atoms with Crippen LogP contribution in [0.3, 0.4) is 0 Å². The molecule has 3 heteroatoms. The molecular formula is C13H28N2O. The molecule has 0 saturated carbocycles. The smallest absolute Gasteiger partial charge is 0.0756 e. The summed E-state index contributed by atoms with van der Waals surface area (Å²) in [5, 5.41) is 9.97. The van der Waals surface area contributed by atoms with Crippen molar-refractivity contribution in [2.45, 2.75) is 58.1 Å². The van der Waals surface area contributed by atoms with Gasteiger partial charge in [0.2, 0.25) is 0 Å². The number of nitrogens with zero attached hydrogens (tertiary/aromatic N) is 1. The maximum atomic E-state index is 9.97. The molecule has 1 heterocycles. The minimum atomic E-state index is -0.707. The van der Waals surface area contributed by atoms with Crippen molar-refractivity contribution in [1.29, 1.82) is 0 Å². The first kappa shape index (κ1) is 13.9. The van der Waals surface area contributed by atoms with Gasteiger partial charge in [-0.1, -0.05) is 13.3 Å². The van der Waals surface area contributed by atoms with Crippen molar-refractivity contribution < 1.29 is 5.11 Å². The van der Waals surface area contributed by atoms with Gasteiger partial charge in [-0.3, -0.25) is 0 Å². The Morgan fingerprint density at radius 1 is 1.44 bits per heavy atom. The Hall–Kier alpha value is -0.120. The molecule has 0 radical (unpaired) electrons. The summed E-state index contributed by atoms with van der Waals surface area (Å²) in [5.41, 5.74) is 4.85. The maximum absolute atomic E-state index is 9.97. The zero-order valence-corrected chi connectivity index (χ0v) is 11.1. The third kappa shape index (κ3) is 4.04. The van der Waals surface area contributed by atoms with Crippen molar-refractivity contribution in [3.8, 4) is 0 Å². The van der Waals surface area contributed by atoms with Crippen molar-refractivity contribution in [2.75, 3.05) is 19.6 Å². The van der Waals surface area contributed by atoms with E-state index in [1.165, 1.54) is 32.4 Å². The lowest BCUT2D eigenvalue weighted by Crippen LogP contribution is -2.46. The highest BCUT2D eigenvalue weighted by atomic mass is 16.3. The first-order chi connectivity index (χ1) is 7.48. The highest BCUT2D eigenvalue weighted by Crippen LogP contribution is 2.24. The molecule has 1 rings (SSSR count). The average Bonchev–Trinajstić information content (AvgIpc) is 2.28. The molecule has 96 valence electrons. The molecule has 1 aliphatic heterocycles. The molecule has 0 aliphatic carbocycles. The summed E-state index contributed by atoms with van der Waals surface area (Å²) in [6.07, 6.45) is 4.71. The molecule has 3 N–H and O–H groups in total. The molecule has 0 aromatic carbocycles. The monoisotopic (exact) mass is 228 g/mol. The molecule has 0 bridgehead atoms. The van der Waals surface area contributed by atoms with E-state index in [2.05, 4.69) is 18.7 Å². The van der Waals surface area contributed by atoms with Crippen LogP contribution >= 0.6 is 0 Å². The number of hydrogen-bond donors (Lipinski definition) is 2. The second-order valence-corrected chi connectivity index (χ2v) is 5.64. The fraction of sp³-hybridized carbons (Fsp3) is 1.00. The Morgan fingerprint density at radius 3 is 2.44 bits per heavy atom. The van der Waals surface area contributed by atoms with E-state index >= 15 is 0 Å². The standard InChI is InChI=1S/C13H28N2O/c1-4-12-5-7-15(8-6-12)11(2)9-13(3,16)10-14/h11-12,16H,4-10,14H2,1-3H3. The summed E-state index contributed by atoms with van der Waals surface area (Å²) in [7, 11) is 0. The zero-order chi connectivity index (χ0) is 12.2. The Bertz CT molecular complexity index is 198. The fourth-order valence-electron chi connectivity index (χ4n) is 2.65. The van der Waals surface area contributed by atoms with E-state index in [0.29, 0.717) is 12.6 Å². The molecule has 1 saturated heterocycles. The SMILES string of the molecule is CCC1CCN(C(C)CC(C)(O)CN)CC1. The van der Waals surface area contributed by atoms with Gasteiger partial charge in [-0.25, -0.2) is 0 Å². The predicted molar refractivity (Wildman–Crippen MR) is 68.3 cm³/mol. The molecule has 16 heavy (non-hydrogen) atoms. The van der Waals surface area contributed by atoms with Gasteiger partial charge in [0, 0.05) is 12.6 Å². The minimum Gasteiger partial charge on any atom is -0.389 e. The zero-order valence-electron chi connectivity index (χ0n) is 11.1. The number of aliphatic hydroxyl groups is 1. The third-order valence-electron chi connectivity index (χ3n) is 4.02. The predicted octanol–water partition coefficient (Wildman–Crippen LogP) is 1.60. The lowest BCUT2D eigenvalue weighted by molar-refractivity contribution is 0.0208. The van der Waals surface area contributed by atoms with Gasteiger partial charge in [0.15, 0.2) is 0 Å². The molecule has 0 spiro atoms. The number of rotatable bonds is 5. The molecule has 0 aromatic heterocycles. The van der Waals surface area contributed by atoms with E-state index in [-0.39, 0.29) is 0 Å². The van der Waals surface area contributed by atoms with Crippen LogP contribution in [0.1, 0.15) is 46.5 Å². The lowest BCUT2D eigenvalue weighted by atomic mass is 9.91. The summed E-state index contributed by atoms with van der Waals surface area (Å²) in [6.45, 7) is 9.03. The number of likely N-dealkylation sites (tertiary alicyclic amines) is 1. The van der Waals surface area contributed by atoms with Crippen molar-refractivity contribution >= 4 is 0 Å². The van der Waals surface area contributed by atoms with Crippen LogP contribution in [-0.2, 0) is 0 Å². The second-order valence-electron chi connectivity index (χ2n) is 5.64. The highest BCUT2D eigenvalue weighted by Gasteiger charge is 2.27. The first-order valence-electron chi connectivity index (χ1n) is 6.65. The van der Waals surface area contributed by atoms with E-state index in [1.54, 1.807) is 0 Å². The molecule has 1 aliphatic rings. The largest absolute Gasteiger partial charge is 0.389 e. The molecule has 0 amide bonds. The van der Waals surface area contributed by atoms with E-state index in [4.69, 9.17) is 5.73 Å². The summed E-state index contributed by atoms with van der Waals surface area (Å²) in [5.74, 6) is 0.915. The molecule has 2 unspecified atom stereocenters. The van der Waals surface area contributed by atoms with E-state index < -0.39 is 5.60 Å². The fourth-order valence-corrected chi connectivity index (χ4v) is 2.65. The highest BCUT2D eigenvalue weighted by molar-refractivity contribution is 4.83. The number of hydrogen-bond acceptors (Lipinski definition) is 3. The average molecular weight is 228 g/mol. The molecule has 1 fully saturated rings. The number of nitrogens with two attached hydrogens (primary N) is 1. The van der Waals surface area contributed by atoms with Crippen LogP contribution in [0.25, 0.3) is 0 Å². The van der Waals surface area contributed by atoms with Gasteiger partial charge in [-0.15, -0.1) is 0 Å². The second kappa shape index (κ2) is 5.99. The van der Waals surface area contributed by atoms with Gasteiger partial charge in [0.25, 0.3) is 0 Å². The maximum Gasteiger partial charge on any atom is 0.0756 e. The molecule has 3 nitrogen and oxygen atoms in total. The minimum absolute atomic E-state index is 0.350. The Labute approximate surface area is 100 Å². The third-order valence-corrected chi connectivity index (χ3v) is 4.02. The van der Waals surface area contributed by atoms with Gasteiger partial charge < -0.3 is 15.7 Å².